The second-order valence-corrected chi connectivity index (χ2v) is 14.5. The fourth-order valence-electron chi connectivity index (χ4n) is 7.79. The van der Waals surface area contributed by atoms with Crippen LogP contribution in [0, 0.1) is 19.7 Å². The predicted octanol–water partition coefficient (Wildman–Crippen LogP) is 1.63. The summed E-state index contributed by atoms with van der Waals surface area (Å²) in [5.74, 6) is -3.66. The van der Waals surface area contributed by atoms with Crippen LogP contribution in [0.1, 0.15) is 72.9 Å². The van der Waals surface area contributed by atoms with E-state index in [9.17, 15) is 38.0 Å². The van der Waals surface area contributed by atoms with Gasteiger partial charge < -0.3 is 31.2 Å². The molecule has 7 amide bonds. The molecule has 0 bridgehead atoms. The summed E-state index contributed by atoms with van der Waals surface area (Å²) in [5.41, 5.74) is 4.39. The number of carbonyl (C=O) groups excluding carboxylic acids is 7. The zero-order valence-electron chi connectivity index (χ0n) is 31.7. The molecular weight excluding hydrogens is 737 g/mol. The highest BCUT2D eigenvalue weighted by Crippen LogP contribution is 2.35. The zero-order valence-corrected chi connectivity index (χ0v) is 31.7. The summed E-state index contributed by atoms with van der Waals surface area (Å²) in [5, 5.41) is 13.8. The second kappa shape index (κ2) is 16.5. The number of benzene rings is 2. The number of aryl methyl sites for hydroxylation is 1. The van der Waals surface area contributed by atoms with E-state index in [0.717, 1.165) is 44.0 Å². The fraction of sp³-hybridized carbons (Fsp3) is 0.375. The number of hydrogen-bond acceptors (Lipinski definition) is 10. The van der Waals surface area contributed by atoms with E-state index in [-0.39, 0.29) is 48.2 Å². The molecule has 1 atom stereocenters. The van der Waals surface area contributed by atoms with Gasteiger partial charge in [0.25, 0.3) is 23.6 Å². The highest BCUT2D eigenvalue weighted by atomic mass is 19.1. The lowest BCUT2D eigenvalue weighted by Gasteiger charge is -2.34. The fourth-order valence-corrected chi connectivity index (χ4v) is 7.79. The van der Waals surface area contributed by atoms with Crippen LogP contribution in [0.25, 0.3) is 11.6 Å². The molecule has 17 heteroatoms. The van der Waals surface area contributed by atoms with E-state index >= 15 is 0 Å². The van der Waals surface area contributed by atoms with Gasteiger partial charge in [0.1, 0.15) is 11.9 Å². The van der Waals surface area contributed by atoms with Crippen molar-refractivity contribution in [2.45, 2.75) is 39.2 Å². The summed E-state index contributed by atoms with van der Waals surface area (Å²) < 4.78 is 13.9. The van der Waals surface area contributed by atoms with Gasteiger partial charge in [-0.1, -0.05) is 6.07 Å². The third-order valence-corrected chi connectivity index (χ3v) is 10.8. The van der Waals surface area contributed by atoms with Gasteiger partial charge in [-0.2, -0.15) is 0 Å². The summed E-state index contributed by atoms with van der Waals surface area (Å²) in [6, 6.07) is 7.76. The Morgan fingerprint density at radius 2 is 1.65 bits per heavy atom. The topological polar surface area (TPSA) is 205 Å². The van der Waals surface area contributed by atoms with Gasteiger partial charge in [0.15, 0.2) is 0 Å². The van der Waals surface area contributed by atoms with Gasteiger partial charge in [0.05, 0.1) is 28.8 Å². The average molecular weight is 782 g/mol. The van der Waals surface area contributed by atoms with Crippen molar-refractivity contribution >= 4 is 64.4 Å². The normalized spacial score (nSPS) is 19.1. The lowest BCUT2D eigenvalue weighted by atomic mass is 10.0. The number of carbonyl (C=O) groups is 7. The molecule has 16 nitrogen and oxygen atoms in total. The lowest BCUT2D eigenvalue weighted by Crippen LogP contribution is -2.54. The molecule has 2 fully saturated rings. The van der Waals surface area contributed by atoms with Crippen LogP contribution in [0.2, 0.25) is 0 Å². The molecule has 0 spiro atoms. The first kappa shape index (κ1) is 39.1. The first-order valence-corrected chi connectivity index (χ1v) is 19.0. The Hall–Kier alpha value is -6.20. The smallest absolute Gasteiger partial charge is 0.264 e. The maximum atomic E-state index is 13.9. The number of nitrogens with one attached hydrogen (secondary N) is 6. The van der Waals surface area contributed by atoms with Crippen molar-refractivity contribution in [2.75, 3.05) is 69.5 Å². The SMILES string of the molecule is Cc1[nH]c(/C=C2\C(=O)Nc3ccc(F)cc32)c(C)c1C(=O)NCCCN1CCN(CCNC(=O)CNc2cccc3c2C(=O)N(C2CCC(=O)NC2=O)C3=O)CC1. The quantitative estimate of drug-likeness (QED) is 0.0841. The zero-order chi connectivity index (χ0) is 40.4. The predicted molar refractivity (Wildman–Crippen MR) is 208 cm³/mol. The number of aromatic amines is 1. The minimum Gasteiger partial charge on any atom is -0.375 e. The molecule has 0 aliphatic carbocycles. The number of aromatic nitrogens is 1. The molecule has 298 valence electrons. The maximum Gasteiger partial charge on any atom is 0.264 e. The molecular formula is C40H44FN9O7. The van der Waals surface area contributed by atoms with E-state index < -0.39 is 35.5 Å². The number of H-pyrrole nitrogens is 1. The van der Waals surface area contributed by atoms with E-state index in [1.807, 2.05) is 6.92 Å². The number of imide groups is 2. The van der Waals surface area contributed by atoms with Crippen molar-refractivity contribution in [1.82, 2.24) is 35.6 Å². The van der Waals surface area contributed by atoms with Crippen molar-refractivity contribution in [3.05, 3.63) is 81.4 Å². The largest absolute Gasteiger partial charge is 0.375 e. The van der Waals surface area contributed by atoms with E-state index in [1.165, 1.54) is 24.3 Å². The van der Waals surface area contributed by atoms with Gasteiger partial charge in [0.2, 0.25) is 17.7 Å². The van der Waals surface area contributed by atoms with Crippen molar-refractivity contribution in [2.24, 2.45) is 0 Å². The van der Waals surface area contributed by atoms with Crippen molar-refractivity contribution < 1.29 is 38.0 Å². The van der Waals surface area contributed by atoms with Crippen LogP contribution in [-0.2, 0) is 19.2 Å². The first-order valence-electron chi connectivity index (χ1n) is 19.0. The monoisotopic (exact) mass is 781 g/mol. The van der Waals surface area contributed by atoms with E-state index in [0.29, 0.717) is 64.7 Å². The molecule has 0 radical (unpaired) electrons. The summed E-state index contributed by atoms with van der Waals surface area (Å²) in [7, 11) is 0. The highest BCUT2D eigenvalue weighted by molar-refractivity contribution is 6.35. The summed E-state index contributed by atoms with van der Waals surface area (Å²) in [6.45, 7) is 9.22. The standard InChI is InChI=1S/C40H44FN9O7/c1-22-30(20-27-26-19-24(41)7-8-28(26)46-36(27)53)45-23(2)34(22)38(55)43-11-4-13-48-15-17-49(18-16-48)14-12-42-33(52)21-44-29-6-3-5-25-35(29)40(57)50(39(25)56)31-9-10-32(51)47-37(31)54/h3,5-8,19-20,31,44-45H,4,9-18,21H2,1-2H3,(H,42,52)(H,43,55)(H,46,53)(H,47,51,54)/b27-20-. The number of nitrogens with zero attached hydrogens (tertiary/aromatic N) is 3. The van der Waals surface area contributed by atoms with Crippen LogP contribution < -0.4 is 26.6 Å². The van der Waals surface area contributed by atoms with E-state index in [1.54, 1.807) is 25.1 Å². The Balaban J connectivity index is 0.801. The third kappa shape index (κ3) is 8.20. The van der Waals surface area contributed by atoms with Gasteiger partial charge in [-0.25, -0.2) is 4.39 Å². The molecule has 0 saturated carbocycles. The molecule has 5 heterocycles. The van der Waals surface area contributed by atoms with Crippen LogP contribution in [0.3, 0.4) is 0 Å². The van der Waals surface area contributed by atoms with Crippen LogP contribution >= 0.6 is 0 Å². The molecule has 57 heavy (non-hydrogen) atoms. The molecule has 1 aromatic heterocycles. The molecule has 1 unspecified atom stereocenters. The molecule has 2 saturated heterocycles. The van der Waals surface area contributed by atoms with Crippen LogP contribution in [-0.4, -0.2) is 126 Å². The van der Waals surface area contributed by atoms with Crippen molar-refractivity contribution in [3.63, 3.8) is 0 Å². The van der Waals surface area contributed by atoms with Gasteiger partial charge in [-0.15, -0.1) is 0 Å². The van der Waals surface area contributed by atoms with Crippen molar-refractivity contribution in [3.8, 4) is 0 Å². The Labute approximate surface area is 327 Å². The molecule has 6 N–H and O–H groups in total. The van der Waals surface area contributed by atoms with Gasteiger partial charge in [-0.3, -0.25) is 48.7 Å². The van der Waals surface area contributed by atoms with E-state index in [4.69, 9.17) is 0 Å². The Morgan fingerprint density at radius 3 is 2.40 bits per heavy atom. The summed E-state index contributed by atoms with van der Waals surface area (Å²) in [4.78, 5) is 97.4. The number of piperidine rings is 1. The molecule has 4 aliphatic rings. The van der Waals surface area contributed by atoms with Gasteiger partial charge in [-0.05, 0) is 75.2 Å². The first-order chi connectivity index (χ1) is 27.4. The van der Waals surface area contributed by atoms with Gasteiger partial charge in [0, 0.05) is 80.6 Å². The summed E-state index contributed by atoms with van der Waals surface area (Å²) >= 11 is 0. The maximum absolute atomic E-state index is 13.9. The third-order valence-electron chi connectivity index (χ3n) is 10.8. The summed E-state index contributed by atoms with van der Waals surface area (Å²) in [6.07, 6.45) is 2.49. The Bertz CT molecular complexity index is 2210. The number of hydrogen-bond donors (Lipinski definition) is 6. The molecule has 7 rings (SSSR count). The van der Waals surface area contributed by atoms with E-state index in [2.05, 4.69) is 41.4 Å². The molecule has 4 aliphatic heterocycles. The molecule has 3 aromatic rings. The van der Waals surface area contributed by atoms with Crippen molar-refractivity contribution in [1.29, 1.82) is 0 Å². The van der Waals surface area contributed by atoms with Gasteiger partial charge >= 0.3 is 0 Å². The molecule has 2 aromatic carbocycles. The van der Waals surface area contributed by atoms with Crippen LogP contribution in [0.5, 0.6) is 0 Å². The highest BCUT2D eigenvalue weighted by Gasteiger charge is 2.45. The number of halogens is 1. The lowest BCUT2D eigenvalue weighted by molar-refractivity contribution is -0.136. The Kier molecular flexibility index (Phi) is 11.3. The number of piperazine rings is 1. The Morgan fingerprint density at radius 1 is 0.895 bits per heavy atom. The second-order valence-electron chi connectivity index (χ2n) is 14.5. The van der Waals surface area contributed by atoms with Crippen LogP contribution in [0.15, 0.2) is 36.4 Å². The minimum atomic E-state index is -1.07. The average Bonchev–Trinajstić information content (AvgIpc) is 3.75. The number of amides is 7. The number of anilines is 2. The minimum absolute atomic E-state index is 0.0250. The number of fused-ring (bicyclic) bond motifs is 2. The van der Waals surface area contributed by atoms with Crippen LogP contribution in [0.4, 0.5) is 15.8 Å². The number of rotatable bonds is 13.